The number of carbonyl (C=O) groups is 1. The van der Waals surface area contributed by atoms with Crippen molar-refractivity contribution < 1.29 is 9.90 Å². The Balaban J connectivity index is 1.70. The molecule has 0 bridgehead atoms. The van der Waals surface area contributed by atoms with E-state index in [0.29, 0.717) is 12.6 Å². The zero-order valence-corrected chi connectivity index (χ0v) is 11.2. The molecule has 1 aliphatic heterocycles. The number of rotatable bonds is 4. The normalized spacial score (nSPS) is 17.2. The Bertz CT molecular complexity index is 638. The Morgan fingerprint density at radius 2 is 2.20 bits per heavy atom. The van der Waals surface area contributed by atoms with Gasteiger partial charge in [0.2, 0.25) is 0 Å². The van der Waals surface area contributed by atoms with Gasteiger partial charge in [0.05, 0.1) is 12.7 Å². The van der Waals surface area contributed by atoms with Crippen molar-refractivity contribution in [1.82, 2.24) is 15.0 Å². The monoisotopic (exact) mass is 272 g/mol. The molecule has 2 heterocycles. The number of carboxylic acids is 1. The fourth-order valence-corrected chi connectivity index (χ4v) is 2.69. The van der Waals surface area contributed by atoms with Crippen molar-refractivity contribution >= 4 is 11.7 Å². The molecule has 1 atom stereocenters. The second kappa shape index (κ2) is 4.96. The van der Waals surface area contributed by atoms with E-state index in [9.17, 15) is 4.79 Å². The van der Waals surface area contributed by atoms with E-state index in [4.69, 9.17) is 5.11 Å². The SMILES string of the molecule is CC1Cc2ccccc2N1CCn1cc(C(=O)O)nn1. The highest BCUT2D eigenvalue weighted by Gasteiger charge is 2.25. The maximum Gasteiger partial charge on any atom is 0.358 e. The van der Waals surface area contributed by atoms with E-state index in [1.165, 1.54) is 17.4 Å². The van der Waals surface area contributed by atoms with Gasteiger partial charge in [-0.3, -0.25) is 0 Å². The van der Waals surface area contributed by atoms with Gasteiger partial charge < -0.3 is 10.0 Å². The number of hydrogen-bond donors (Lipinski definition) is 1. The highest BCUT2D eigenvalue weighted by Crippen LogP contribution is 2.31. The van der Waals surface area contributed by atoms with E-state index < -0.39 is 5.97 Å². The zero-order valence-electron chi connectivity index (χ0n) is 11.2. The number of anilines is 1. The molecule has 1 aliphatic rings. The first-order chi connectivity index (χ1) is 9.65. The lowest BCUT2D eigenvalue weighted by atomic mass is 10.1. The van der Waals surface area contributed by atoms with Gasteiger partial charge in [0, 0.05) is 18.3 Å². The summed E-state index contributed by atoms with van der Waals surface area (Å²) in [4.78, 5) is 13.1. The number of fused-ring (bicyclic) bond motifs is 1. The molecule has 0 radical (unpaired) electrons. The lowest BCUT2D eigenvalue weighted by Gasteiger charge is -2.24. The van der Waals surface area contributed by atoms with Crippen LogP contribution in [-0.4, -0.2) is 38.7 Å². The van der Waals surface area contributed by atoms with E-state index in [1.54, 1.807) is 4.68 Å². The van der Waals surface area contributed by atoms with E-state index in [1.807, 2.05) is 6.07 Å². The molecule has 1 aromatic carbocycles. The molecule has 20 heavy (non-hydrogen) atoms. The van der Waals surface area contributed by atoms with Crippen molar-refractivity contribution in [3.05, 3.63) is 41.7 Å². The molecule has 1 aromatic heterocycles. The quantitative estimate of drug-likeness (QED) is 0.911. The van der Waals surface area contributed by atoms with Crippen LogP contribution in [0.5, 0.6) is 0 Å². The molecule has 3 rings (SSSR count). The van der Waals surface area contributed by atoms with Crippen molar-refractivity contribution in [3.8, 4) is 0 Å². The average Bonchev–Trinajstić information content (AvgIpc) is 3.00. The Morgan fingerprint density at radius 1 is 1.40 bits per heavy atom. The van der Waals surface area contributed by atoms with Crippen LogP contribution in [0, 0.1) is 0 Å². The highest BCUT2D eigenvalue weighted by molar-refractivity contribution is 5.84. The van der Waals surface area contributed by atoms with Crippen LogP contribution >= 0.6 is 0 Å². The molecule has 0 amide bonds. The van der Waals surface area contributed by atoms with Crippen LogP contribution in [0.4, 0.5) is 5.69 Å². The van der Waals surface area contributed by atoms with Gasteiger partial charge in [0.1, 0.15) is 0 Å². The third-order valence-electron chi connectivity index (χ3n) is 3.68. The first-order valence-corrected chi connectivity index (χ1v) is 6.63. The minimum atomic E-state index is -1.05. The summed E-state index contributed by atoms with van der Waals surface area (Å²) >= 11 is 0. The Kier molecular flexibility index (Phi) is 3.14. The number of hydrogen-bond acceptors (Lipinski definition) is 4. The van der Waals surface area contributed by atoms with Gasteiger partial charge in [0.25, 0.3) is 0 Å². The van der Waals surface area contributed by atoms with E-state index in [-0.39, 0.29) is 5.69 Å². The van der Waals surface area contributed by atoms with Gasteiger partial charge in [-0.1, -0.05) is 23.4 Å². The number of para-hydroxylation sites is 1. The molecule has 0 aliphatic carbocycles. The van der Waals surface area contributed by atoms with Gasteiger partial charge >= 0.3 is 5.97 Å². The predicted octanol–water partition coefficient (Wildman–Crippen LogP) is 1.43. The summed E-state index contributed by atoms with van der Waals surface area (Å²) in [6.07, 6.45) is 2.52. The number of carboxylic acid groups (broad SMARTS) is 1. The van der Waals surface area contributed by atoms with Crippen molar-refractivity contribution in [1.29, 1.82) is 0 Å². The fourth-order valence-electron chi connectivity index (χ4n) is 2.69. The predicted molar refractivity (Wildman–Crippen MR) is 73.9 cm³/mol. The summed E-state index contributed by atoms with van der Waals surface area (Å²) in [6.45, 7) is 3.61. The number of nitrogens with zero attached hydrogens (tertiary/aromatic N) is 4. The van der Waals surface area contributed by atoms with Crippen molar-refractivity contribution in [3.63, 3.8) is 0 Å². The maximum absolute atomic E-state index is 10.8. The molecule has 0 fully saturated rings. The minimum Gasteiger partial charge on any atom is -0.476 e. The van der Waals surface area contributed by atoms with Gasteiger partial charge in [-0.25, -0.2) is 9.48 Å². The molecule has 104 valence electrons. The van der Waals surface area contributed by atoms with E-state index >= 15 is 0 Å². The van der Waals surface area contributed by atoms with Crippen LogP contribution in [0.1, 0.15) is 23.0 Å². The number of benzene rings is 1. The zero-order chi connectivity index (χ0) is 14.1. The largest absolute Gasteiger partial charge is 0.476 e. The maximum atomic E-state index is 10.8. The molecule has 0 spiro atoms. The Morgan fingerprint density at radius 3 is 2.95 bits per heavy atom. The number of aromatic carboxylic acids is 1. The van der Waals surface area contributed by atoms with Crippen LogP contribution < -0.4 is 4.90 Å². The summed E-state index contributed by atoms with van der Waals surface area (Å²) < 4.78 is 1.58. The second-order valence-electron chi connectivity index (χ2n) is 5.05. The molecular weight excluding hydrogens is 256 g/mol. The summed E-state index contributed by atoms with van der Waals surface area (Å²) in [5.41, 5.74) is 2.61. The van der Waals surface area contributed by atoms with Gasteiger partial charge in [-0.15, -0.1) is 5.10 Å². The smallest absolute Gasteiger partial charge is 0.358 e. The molecule has 6 nitrogen and oxygen atoms in total. The topological polar surface area (TPSA) is 71.2 Å². The standard InChI is InChI=1S/C14H16N4O2/c1-10-8-11-4-2-3-5-13(11)18(10)7-6-17-9-12(14(19)20)15-16-17/h2-5,9-10H,6-8H2,1H3,(H,19,20). The minimum absolute atomic E-state index is 0.0140. The van der Waals surface area contributed by atoms with Gasteiger partial charge in [-0.2, -0.15) is 0 Å². The Hall–Kier alpha value is -2.37. The van der Waals surface area contributed by atoms with Crippen LogP contribution in [0.2, 0.25) is 0 Å². The molecule has 2 aromatic rings. The highest BCUT2D eigenvalue weighted by atomic mass is 16.4. The first-order valence-electron chi connectivity index (χ1n) is 6.63. The van der Waals surface area contributed by atoms with Gasteiger partial charge in [0.15, 0.2) is 5.69 Å². The first kappa shape index (κ1) is 12.7. The van der Waals surface area contributed by atoms with Crippen molar-refractivity contribution in [2.24, 2.45) is 0 Å². The summed E-state index contributed by atoms with van der Waals surface area (Å²) in [7, 11) is 0. The van der Waals surface area contributed by atoms with Crippen molar-refractivity contribution in [2.45, 2.75) is 25.9 Å². The summed E-state index contributed by atoms with van der Waals surface area (Å²) in [6, 6.07) is 8.84. The Labute approximate surface area is 116 Å². The van der Waals surface area contributed by atoms with Crippen molar-refractivity contribution in [2.75, 3.05) is 11.4 Å². The van der Waals surface area contributed by atoms with Crippen LogP contribution in [0.3, 0.4) is 0 Å². The molecule has 6 heteroatoms. The van der Waals surface area contributed by atoms with Crippen LogP contribution in [0.25, 0.3) is 0 Å². The molecule has 1 N–H and O–H groups in total. The van der Waals surface area contributed by atoms with Crippen LogP contribution in [-0.2, 0) is 13.0 Å². The summed E-state index contributed by atoms with van der Waals surface area (Å²) in [5.74, 6) is -1.05. The molecule has 0 saturated heterocycles. The molecule has 0 saturated carbocycles. The average molecular weight is 272 g/mol. The molecule has 1 unspecified atom stereocenters. The van der Waals surface area contributed by atoms with Crippen LogP contribution in [0.15, 0.2) is 30.5 Å². The number of aromatic nitrogens is 3. The van der Waals surface area contributed by atoms with E-state index in [0.717, 1.165) is 13.0 Å². The lowest BCUT2D eigenvalue weighted by Crippen LogP contribution is -2.32. The third kappa shape index (κ3) is 2.24. The second-order valence-corrected chi connectivity index (χ2v) is 5.05. The lowest BCUT2D eigenvalue weighted by molar-refractivity contribution is 0.0690. The van der Waals surface area contributed by atoms with Gasteiger partial charge in [-0.05, 0) is 25.0 Å². The van der Waals surface area contributed by atoms with E-state index in [2.05, 4.69) is 40.3 Å². The third-order valence-corrected chi connectivity index (χ3v) is 3.68. The summed E-state index contributed by atoms with van der Waals surface area (Å²) in [5, 5.41) is 16.3. The molecular formula is C14H16N4O2. The fraction of sp³-hybridized carbons (Fsp3) is 0.357.